The molecule has 1 rings (SSSR count). The van der Waals surface area contributed by atoms with Crippen LogP contribution in [0.2, 0.25) is 0 Å². The Morgan fingerprint density at radius 2 is 0.923 bits per heavy atom. The van der Waals surface area contributed by atoms with Crippen LogP contribution in [0.25, 0.3) is 0 Å². The zero-order valence-electron chi connectivity index (χ0n) is 6.03. The molecular weight excluding hydrogens is 320 g/mol. The van der Waals surface area contributed by atoms with E-state index in [2.05, 4.69) is 0 Å². The van der Waals surface area contributed by atoms with Gasteiger partial charge in [-0.2, -0.15) is 0 Å². The molecule has 0 nitrogen and oxygen atoms in total. The van der Waals surface area contributed by atoms with Crippen molar-refractivity contribution in [2.24, 2.45) is 0 Å². The minimum absolute atomic E-state index is 0.543. The fourth-order valence-electron chi connectivity index (χ4n) is 1.08. The van der Waals surface area contributed by atoms with Gasteiger partial charge in [0.05, 0.1) is 26.9 Å². The Bertz CT molecular complexity index is 175. The fourth-order valence-corrected chi connectivity index (χ4v) is 3.75. The topological polar surface area (TPSA) is 0 Å². The molecular formula is C6H5Cl7. The van der Waals surface area contributed by atoms with Gasteiger partial charge in [-0.1, -0.05) is 23.2 Å². The average Bonchev–Trinajstić information content (AvgIpc) is 2.09. The molecule has 0 N–H and O–H groups in total. The molecule has 1 aliphatic carbocycles. The third kappa shape index (κ3) is 2.25. The molecule has 0 aromatic carbocycles. The third-order valence-corrected chi connectivity index (χ3v) is 6.63. The molecule has 0 heterocycles. The Labute approximate surface area is 112 Å². The first kappa shape index (κ1) is 13.1. The summed E-state index contributed by atoms with van der Waals surface area (Å²) >= 11 is 41.2. The highest BCUT2D eigenvalue weighted by molar-refractivity contribution is 6.58. The predicted molar refractivity (Wildman–Crippen MR) is 62.6 cm³/mol. The second kappa shape index (κ2) is 4.49. The van der Waals surface area contributed by atoms with Gasteiger partial charge in [-0.15, -0.1) is 58.0 Å². The molecule has 0 aliphatic heterocycles. The van der Waals surface area contributed by atoms with Gasteiger partial charge in [0.2, 0.25) is 0 Å². The summed E-state index contributed by atoms with van der Waals surface area (Å²) in [4.78, 5) is 0. The van der Waals surface area contributed by atoms with Crippen LogP contribution in [0, 0.1) is 0 Å². The first-order valence-corrected chi connectivity index (χ1v) is 6.32. The molecule has 0 aromatic heterocycles. The van der Waals surface area contributed by atoms with Crippen LogP contribution in [0.5, 0.6) is 0 Å². The van der Waals surface area contributed by atoms with Crippen LogP contribution in [0.15, 0.2) is 0 Å². The Morgan fingerprint density at radius 3 is 1.23 bits per heavy atom. The molecule has 1 saturated carbocycles. The predicted octanol–water partition coefficient (Wildman–Crippen LogP) is 4.21. The zero-order valence-corrected chi connectivity index (χ0v) is 11.3. The van der Waals surface area contributed by atoms with Crippen molar-refractivity contribution in [3.63, 3.8) is 0 Å². The van der Waals surface area contributed by atoms with Crippen LogP contribution >= 0.6 is 81.2 Å². The number of alkyl halides is 7. The van der Waals surface area contributed by atoms with Crippen molar-refractivity contribution in [3.05, 3.63) is 0 Å². The summed E-state index contributed by atoms with van der Waals surface area (Å²) < 4.78 is -1.35. The normalized spacial score (nSPS) is 50.5. The van der Waals surface area contributed by atoms with Crippen LogP contribution in [0.3, 0.4) is 0 Å². The van der Waals surface area contributed by atoms with Gasteiger partial charge in [0.15, 0.2) is 4.33 Å². The summed E-state index contributed by atoms with van der Waals surface area (Å²) in [7, 11) is 0. The highest BCUT2D eigenvalue weighted by atomic mass is 35.5. The van der Waals surface area contributed by atoms with Gasteiger partial charge in [-0.05, 0) is 0 Å². The van der Waals surface area contributed by atoms with Crippen molar-refractivity contribution in [1.82, 2.24) is 0 Å². The van der Waals surface area contributed by atoms with Crippen LogP contribution in [0.1, 0.15) is 0 Å². The second-order valence-corrected chi connectivity index (χ2v) is 6.71. The largest absolute Gasteiger partial charge is 0.153 e. The van der Waals surface area contributed by atoms with Gasteiger partial charge >= 0.3 is 0 Å². The summed E-state index contributed by atoms with van der Waals surface area (Å²) in [5.41, 5.74) is 0. The van der Waals surface area contributed by atoms with Crippen LogP contribution in [0.4, 0.5) is 0 Å². The lowest BCUT2D eigenvalue weighted by Crippen LogP contribution is -2.57. The van der Waals surface area contributed by atoms with Gasteiger partial charge in [0.25, 0.3) is 0 Å². The van der Waals surface area contributed by atoms with Crippen molar-refractivity contribution in [3.8, 4) is 0 Å². The molecule has 5 atom stereocenters. The maximum Gasteiger partial charge on any atom is 0.153 e. The van der Waals surface area contributed by atoms with Crippen LogP contribution in [-0.4, -0.2) is 31.2 Å². The Kier molecular flexibility index (Phi) is 4.52. The smallest absolute Gasteiger partial charge is 0.120 e. The number of rotatable bonds is 0. The number of hydrogen-bond acceptors (Lipinski definition) is 0. The minimum atomic E-state index is -1.35. The third-order valence-electron chi connectivity index (χ3n) is 1.90. The van der Waals surface area contributed by atoms with E-state index in [4.69, 9.17) is 81.2 Å². The lowest BCUT2D eigenvalue weighted by atomic mass is 9.97. The maximum absolute atomic E-state index is 5.90. The van der Waals surface area contributed by atoms with E-state index in [-0.39, 0.29) is 0 Å². The van der Waals surface area contributed by atoms with Gasteiger partial charge in [0, 0.05) is 0 Å². The van der Waals surface area contributed by atoms with E-state index in [9.17, 15) is 0 Å². The molecule has 7 heteroatoms. The van der Waals surface area contributed by atoms with E-state index in [1.807, 2.05) is 0 Å². The Balaban J connectivity index is 2.93. The zero-order chi connectivity index (χ0) is 10.4. The monoisotopic (exact) mass is 322 g/mol. The van der Waals surface area contributed by atoms with Gasteiger partial charge in [-0.3, -0.25) is 0 Å². The van der Waals surface area contributed by atoms with Crippen molar-refractivity contribution in [1.29, 1.82) is 0 Å². The highest BCUT2D eigenvalue weighted by Gasteiger charge is 2.56. The van der Waals surface area contributed by atoms with E-state index in [0.717, 1.165) is 0 Å². The molecule has 1 unspecified atom stereocenters. The standard InChI is InChI=1S/C6H5Cl7/c7-1-2(8)4(10)6(12,13)5(11)3(1)9/h1-5H/t1?,2-,3+,4-,5-/m1/s1. The molecule has 0 spiro atoms. The maximum atomic E-state index is 5.90. The SMILES string of the molecule is ClC1[C@@H](Cl)[C@@H](Cl)C(Cl)(Cl)[C@H](Cl)[C@H]1Cl. The Morgan fingerprint density at radius 1 is 0.615 bits per heavy atom. The summed E-state index contributed by atoms with van der Waals surface area (Å²) in [6.07, 6.45) is 0. The summed E-state index contributed by atoms with van der Waals surface area (Å²) in [5, 5.41) is -3.19. The molecule has 0 amide bonds. The first-order valence-electron chi connectivity index (χ1n) is 3.38. The molecule has 1 aliphatic rings. The fraction of sp³-hybridized carbons (Fsp3) is 1.00. The van der Waals surface area contributed by atoms with Gasteiger partial charge in [0.1, 0.15) is 0 Å². The van der Waals surface area contributed by atoms with E-state index in [1.165, 1.54) is 0 Å². The van der Waals surface area contributed by atoms with Gasteiger partial charge in [-0.25, -0.2) is 0 Å². The van der Waals surface area contributed by atoms with Crippen molar-refractivity contribution >= 4 is 81.2 Å². The summed E-state index contributed by atoms with van der Waals surface area (Å²) in [6.45, 7) is 0. The lowest BCUT2D eigenvalue weighted by molar-refractivity contribution is 0.511. The second-order valence-electron chi connectivity index (χ2n) is 2.81. The number of halogens is 7. The van der Waals surface area contributed by atoms with Crippen molar-refractivity contribution < 1.29 is 0 Å². The molecule has 0 bridgehead atoms. The first-order chi connectivity index (χ1) is 5.80. The van der Waals surface area contributed by atoms with Crippen LogP contribution < -0.4 is 0 Å². The van der Waals surface area contributed by atoms with E-state index in [0.29, 0.717) is 0 Å². The lowest BCUT2D eigenvalue weighted by Gasteiger charge is -2.42. The molecule has 0 radical (unpaired) electrons. The highest BCUT2D eigenvalue weighted by Crippen LogP contribution is 2.49. The van der Waals surface area contributed by atoms with Crippen molar-refractivity contribution in [2.45, 2.75) is 31.2 Å². The van der Waals surface area contributed by atoms with Crippen molar-refractivity contribution in [2.75, 3.05) is 0 Å². The summed E-state index contributed by atoms with van der Waals surface area (Å²) in [5.74, 6) is 0. The molecule has 13 heavy (non-hydrogen) atoms. The molecule has 1 fully saturated rings. The molecule has 0 aromatic rings. The summed E-state index contributed by atoms with van der Waals surface area (Å²) in [6, 6.07) is 0. The van der Waals surface area contributed by atoms with E-state index >= 15 is 0 Å². The molecule has 0 saturated heterocycles. The Hall–Kier alpha value is 2.03. The van der Waals surface area contributed by atoms with Crippen LogP contribution in [-0.2, 0) is 0 Å². The van der Waals surface area contributed by atoms with E-state index in [1.54, 1.807) is 0 Å². The number of hydrogen-bond donors (Lipinski definition) is 0. The van der Waals surface area contributed by atoms with Gasteiger partial charge < -0.3 is 0 Å². The average molecular weight is 325 g/mol. The molecule has 78 valence electrons. The quantitative estimate of drug-likeness (QED) is 0.585. The van der Waals surface area contributed by atoms with E-state index < -0.39 is 31.2 Å². The minimum Gasteiger partial charge on any atom is -0.120 e.